The number of nitrogens with zero attached hydrogens (tertiary/aromatic N) is 1. The predicted molar refractivity (Wildman–Crippen MR) is 69.3 cm³/mol. The van der Waals surface area contributed by atoms with E-state index in [2.05, 4.69) is 0 Å². The van der Waals surface area contributed by atoms with Gasteiger partial charge in [0.1, 0.15) is 0 Å². The maximum atomic E-state index is 12.7. The van der Waals surface area contributed by atoms with E-state index in [9.17, 15) is 4.79 Å². The average Bonchev–Trinajstić information content (AvgIpc) is 2.90. The number of likely N-dealkylation sites (tertiary alicyclic amines) is 1. The minimum absolute atomic E-state index is 0.272. The topological polar surface area (TPSA) is 38.8 Å². The second-order valence-electron chi connectivity index (χ2n) is 5.65. The van der Waals surface area contributed by atoms with E-state index < -0.39 is 0 Å². The van der Waals surface area contributed by atoms with Crippen LogP contribution in [0.5, 0.6) is 11.5 Å². The molecule has 1 aromatic carbocycles. The zero-order valence-electron chi connectivity index (χ0n) is 10.9. The number of hydrogen-bond donors (Lipinski definition) is 0. The van der Waals surface area contributed by atoms with Crippen molar-refractivity contribution in [3.8, 4) is 11.5 Å². The van der Waals surface area contributed by atoms with Gasteiger partial charge in [-0.15, -0.1) is 0 Å². The van der Waals surface area contributed by atoms with Crippen molar-refractivity contribution in [1.82, 2.24) is 4.90 Å². The first kappa shape index (κ1) is 11.1. The van der Waals surface area contributed by atoms with Crippen molar-refractivity contribution in [2.75, 3.05) is 19.9 Å². The lowest BCUT2D eigenvalue weighted by Crippen LogP contribution is -2.37. The van der Waals surface area contributed by atoms with E-state index in [-0.39, 0.29) is 12.2 Å². The molecule has 100 valence electrons. The first-order chi connectivity index (χ1) is 9.29. The van der Waals surface area contributed by atoms with Crippen LogP contribution in [0.4, 0.5) is 0 Å². The Hall–Kier alpha value is -1.71. The molecule has 0 radical (unpaired) electrons. The molecule has 2 fully saturated rings. The third-order valence-electron chi connectivity index (χ3n) is 4.48. The van der Waals surface area contributed by atoms with Crippen LogP contribution in [0.25, 0.3) is 0 Å². The molecule has 1 saturated carbocycles. The van der Waals surface area contributed by atoms with Crippen LogP contribution in [0.15, 0.2) is 18.2 Å². The van der Waals surface area contributed by atoms with Crippen LogP contribution in [0.3, 0.4) is 0 Å². The number of hydrogen-bond acceptors (Lipinski definition) is 3. The van der Waals surface area contributed by atoms with Gasteiger partial charge in [0.2, 0.25) is 12.7 Å². The van der Waals surface area contributed by atoms with Crippen molar-refractivity contribution in [3.63, 3.8) is 0 Å². The monoisotopic (exact) mass is 259 g/mol. The van der Waals surface area contributed by atoms with Crippen molar-refractivity contribution in [1.29, 1.82) is 0 Å². The van der Waals surface area contributed by atoms with Gasteiger partial charge in [0.05, 0.1) is 5.41 Å². The molecule has 1 aliphatic carbocycles. The van der Waals surface area contributed by atoms with Gasteiger partial charge in [-0.3, -0.25) is 4.79 Å². The summed E-state index contributed by atoms with van der Waals surface area (Å²) in [6, 6.07) is 5.94. The van der Waals surface area contributed by atoms with Crippen LogP contribution in [0.2, 0.25) is 0 Å². The molecular weight excluding hydrogens is 242 g/mol. The molecule has 4 nitrogen and oxygen atoms in total. The summed E-state index contributed by atoms with van der Waals surface area (Å²) in [7, 11) is 0. The van der Waals surface area contributed by atoms with Crippen molar-refractivity contribution < 1.29 is 14.3 Å². The Bertz CT molecular complexity index is 530. The molecule has 2 heterocycles. The predicted octanol–water partition coefficient (Wildman–Crippen LogP) is 2.07. The number of benzene rings is 1. The van der Waals surface area contributed by atoms with E-state index in [1.807, 2.05) is 23.1 Å². The molecule has 0 unspecified atom stereocenters. The molecular formula is C15H17NO3. The molecule has 0 aromatic heterocycles. The Kier molecular flexibility index (Phi) is 2.28. The fourth-order valence-electron chi connectivity index (χ4n) is 3.17. The molecule has 0 spiro atoms. The zero-order chi connectivity index (χ0) is 12.9. The van der Waals surface area contributed by atoms with Crippen LogP contribution in [0, 0.1) is 0 Å². The van der Waals surface area contributed by atoms with Gasteiger partial charge >= 0.3 is 0 Å². The largest absolute Gasteiger partial charge is 0.454 e. The fourth-order valence-corrected chi connectivity index (χ4v) is 3.17. The number of amides is 1. The van der Waals surface area contributed by atoms with Gasteiger partial charge in [0.25, 0.3) is 0 Å². The third-order valence-corrected chi connectivity index (χ3v) is 4.48. The molecule has 19 heavy (non-hydrogen) atoms. The molecule has 4 rings (SSSR count). The lowest BCUT2D eigenvalue weighted by Gasteiger charge is -2.23. The highest BCUT2D eigenvalue weighted by Crippen LogP contribution is 2.51. The summed E-state index contributed by atoms with van der Waals surface area (Å²) in [5.74, 6) is 1.87. The molecule has 2 aliphatic heterocycles. The summed E-state index contributed by atoms with van der Waals surface area (Å²) in [5.41, 5.74) is 0.819. The van der Waals surface area contributed by atoms with Gasteiger partial charge < -0.3 is 14.4 Å². The number of fused-ring (bicyclic) bond motifs is 1. The molecule has 1 saturated heterocycles. The van der Waals surface area contributed by atoms with Gasteiger partial charge in [0, 0.05) is 13.1 Å². The van der Waals surface area contributed by atoms with Gasteiger partial charge in [0.15, 0.2) is 11.5 Å². The second-order valence-corrected chi connectivity index (χ2v) is 5.65. The SMILES string of the molecule is O=C(N1CCCC1)C1(c2ccc3c(c2)OCO3)CC1. The van der Waals surface area contributed by atoms with Gasteiger partial charge in [-0.05, 0) is 43.4 Å². The Morgan fingerprint density at radius 2 is 1.84 bits per heavy atom. The summed E-state index contributed by atoms with van der Waals surface area (Å²) in [5, 5.41) is 0. The third kappa shape index (κ3) is 1.62. The molecule has 4 heteroatoms. The highest BCUT2D eigenvalue weighted by atomic mass is 16.7. The van der Waals surface area contributed by atoms with Crippen LogP contribution < -0.4 is 9.47 Å². The Balaban J connectivity index is 1.65. The Labute approximate surface area is 112 Å². The summed E-state index contributed by atoms with van der Waals surface area (Å²) in [4.78, 5) is 14.7. The first-order valence-corrected chi connectivity index (χ1v) is 6.99. The van der Waals surface area contributed by atoms with E-state index in [4.69, 9.17) is 9.47 Å². The molecule has 0 atom stereocenters. The molecule has 3 aliphatic rings. The van der Waals surface area contributed by atoms with E-state index in [0.717, 1.165) is 55.8 Å². The molecule has 0 N–H and O–H groups in total. The number of carbonyl (C=O) groups excluding carboxylic acids is 1. The smallest absolute Gasteiger partial charge is 0.233 e. The van der Waals surface area contributed by atoms with E-state index >= 15 is 0 Å². The lowest BCUT2D eigenvalue weighted by molar-refractivity contribution is -0.132. The summed E-state index contributed by atoms with van der Waals surface area (Å²) >= 11 is 0. The van der Waals surface area contributed by atoms with E-state index in [1.54, 1.807) is 0 Å². The van der Waals surface area contributed by atoms with Gasteiger partial charge in [-0.25, -0.2) is 0 Å². The maximum absolute atomic E-state index is 12.7. The highest BCUT2D eigenvalue weighted by molar-refractivity contribution is 5.91. The molecule has 1 amide bonds. The second kappa shape index (κ2) is 3.89. The number of carbonyl (C=O) groups is 1. The van der Waals surface area contributed by atoms with Crippen molar-refractivity contribution in [3.05, 3.63) is 23.8 Å². The number of rotatable bonds is 2. The van der Waals surface area contributed by atoms with Gasteiger partial charge in [-0.1, -0.05) is 6.07 Å². The summed E-state index contributed by atoms with van der Waals surface area (Å²) < 4.78 is 10.7. The van der Waals surface area contributed by atoms with E-state index in [1.165, 1.54) is 0 Å². The summed E-state index contributed by atoms with van der Waals surface area (Å²) in [6.45, 7) is 2.13. The van der Waals surface area contributed by atoms with Crippen LogP contribution in [-0.2, 0) is 10.2 Å². The minimum Gasteiger partial charge on any atom is -0.454 e. The number of ether oxygens (including phenoxy) is 2. The average molecular weight is 259 g/mol. The maximum Gasteiger partial charge on any atom is 0.233 e. The van der Waals surface area contributed by atoms with Crippen LogP contribution in [0.1, 0.15) is 31.2 Å². The lowest BCUT2D eigenvalue weighted by atomic mass is 9.94. The van der Waals surface area contributed by atoms with Gasteiger partial charge in [-0.2, -0.15) is 0 Å². The minimum atomic E-state index is -0.272. The Morgan fingerprint density at radius 3 is 2.58 bits per heavy atom. The van der Waals surface area contributed by atoms with Crippen molar-refractivity contribution in [2.45, 2.75) is 31.1 Å². The molecule has 0 bridgehead atoms. The first-order valence-electron chi connectivity index (χ1n) is 6.99. The van der Waals surface area contributed by atoms with Crippen LogP contribution >= 0.6 is 0 Å². The van der Waals surface area contributed by atoms with Crippen molar-refractivity contribution in [2.24, 2.45) is 0 Å². The quantitative estimate of drug-likeness (QED) is 0.816. The Morgan fingerprint density at radius 1 is 1.11 bits per heavy atom. The normalized spacial score (nSPS) is 22.6. The standard InChI is InChI=1S/C15H17NO3/c17-14(16-7-1-2-8-16)15(5-6-15)11-3-4-12-13(9-11)19-10-18-12/h3-4,9H,1-2,5-8,10H2. The zero-order valence-corrected chi connectivity index (χ0v) is 10.9. The van der Waals surface area contributed by atoms with Crippen molar-refractivity contribution >= 4 is 5.91 Å². The van der Waals surface area contributed by atoms with E-state index in [0.29, 0.717) is 5.91 Å². The fraction of sp³-hybridized carbons (Fsp3) is 0.533. The molecule has 1 aromatic rings. The van der Waals surface area contributed by atoms with Crippen LogP contribution in [-0.4, -0.2) is 30.7 Å². The highest BCUT2D eigenvalue weighted by Gasteiger charge is 2.53. The summed E-state index contributed by atoms with van der Waals surface area (Å²) in [6.07, 6.45) is 4.20.